The van der Waals surface area contributed by atoms with Gasteiger partial charge in [0.15, 0.2) is 0 Å². The van der Waals surface area contributed by atoms with Gasteiger partial charge in [-0.15, -0.1) is 0 Å². The van der Waals surface area contributed by atoms with E-state index in [0.717, 1.165) is 0 Å². The molecule has 0 radical (unpaired) electrons. The Morgan fingerprint density at radius 1 is 1.04 bits per heavy atom. The number of carbonyl (C=O) groups is 1. The minimum Gasteiger partial charge on any atom is -0.322 e. The van der Waals surface area contributed by atoms with Crippen LogP contribution in [0.2, 0.25) is 0 Å². The largest absolute Gasteiger partial charge is 0.322 e. The fourth-order valence-corrected chi connectivity index (χ4v) is 3.47. The van der Waals surface area contributed by atoms with Gasteiger partial charge in [-0.05, 0) is 48.5 Å². The first-order valence-corrected chi connectivity index (χ1v) is 9.77. The number of nitriles is 1. The zero-order valence-electron chi connectivity index (χ0n) is 14.7. The molecule has 1 heterocycles. The lowest BCUT2D eigenvalue weighted by atomic mass is 10.2. The van der Waals surface area contributed by atoms with E-state index in [2.05, 4.69) is 15.0 Å². The molecule has 0 aliphatic heterocycles. The van der Waals surface area contributed by atoms with Gasteiger partial charge in [0.25, 0.3) is 5.91 Å². The molecule has 0 saturated heterocycles. The van der Waals surface area contributed by atoms with Crippen LogP contribution in [0.25, 0.3) is 0 Å². The van der Waals surface area contributed by atoms with Crippen molar-refractivity contribution in [2.45, 2.75) is 11.4 Å². The molecule has 0 spiro atoms. The van der Waals surface area contributed by atoms with Crippen LogP contribution >= 0.6 is 0 Å². The summed E-state index contributed by atoms with van der Waals surface area (Å²) < 4.78 is 27.5. The van der Waals surface area contributed by atoms with Crippen LogP contribution in [0.3, 0.4) is 0 Å². The Hall–Kier alpha value is -3.54. The Labute approximate surface area is 162 Å². The standard InChI is InChI=1S/C20H16N4O3S/c21-13-15-5-3-8-17(11-15)24-20(25)16-6-4-9-19(12-16)28(26,27)23-14-18-7-1-2-10-22-18/h1-12,23H,14H2,(H,24,25). The molecule has 140 valence electrons. The van der Waals surface area contributed by atoms with Crippen LogP contribution in [0.4, 0.5) is 5.69 Å². The van der Waals surface area contributed by atoms with Gasteiger partial charge in [0.1, 0.15) is 0 Å². The minimum atomic E-state index is -3.81. The summed E-state index contributed by atoms with van der Waals surface area (Å²) in [5.41, 5.74) is 1.62. The van der Waals surface area contributed by atoms with Gasteiger partial charge in [-0.2, -0.15) is 5.26 Å². The van der Waals surface area contributed by atoms with E-state index < -0.39 is 15.9 Å². The van der Waals surface area contributed by atoms with Crippen LogP contribution in [0.1, 0.15) is 21.6 Å². The maximum absolute atomic E-state index is 12.5. The molecule has 28 heavy (non-hydrogen) atoms. The summed E-state index contributed by atoms with van der Waals surface area (Å²) in [5.74, 6) is -0.475. The minimum absolute atomic E-state index is 0.0261. The van der Waals surface area contributed by atoms with E-state index in [4.69, 9.17) is 5.26 Å². The number of rotatable bonds is 6. The topological polar surface area (TPSA) is 112 Å². The average Bonchev–Trinajstić information content (AvgIpc) is 2.73. The second-order valence-corrected chi connectivity index (χ2v) is 7.59. The number of nitrogens with one attached hydrogen (secondary N) is 2. The van der Waals surface area contributed by atoms with Crippen molar-refractivity contribution in [3.63, 3.8) is 0 Å². The molecule has 0 aliphatic carbocycles. The number of nitrogens with zero attached hydrogens (tertiary/aromatic N) is 2. The van der Waals surface area contributed by atoms with Crippen LogP contribution in [-0.2, 0) is 16.6 Å². The van der Waals surface area contributed by atoms with Crippen LogP contribution in [0.15, 0.2) is 77.8 Å². The third-order valence-corrected chi connectivity index (χ3v) is 5.22. The number of aromatic nitrogens is 1. The highest BCUT2D eigenvalue weighted by Gasteiger charge is 2.16. The molecule has 0 bridgehead atoms. The molecule has 0 aliphatic rings. The quantitative estimate of drug-likeness (QED) is 0.670. The molecule has 0 saturated carbocycles. The summed E-state index contributed by atoms with van der Waals surface area (Å²) >= 11 is 0. The Kier molecular flexibility index (Phi) is 5.79. The van der Waals surface area contributed by atoms with Crippen molar-refractivity contribution < 1.29 is 13.2 Å². The molecular formula is C20H16N4O3S. The van der Waals surface area contributed by atoms with Crippen molar-refractivity contribution in [1.29, 1.82) is 5.26 Å². The number of pyridine rings is 1. The smallest absolute Gasteiger partial charge is 0.255 e. The highest BCUT2D eigenvalue weighted by molar-refractivity contribution is 7.89. The third kappa shape index (κ3) is 4.79. The van der Waals surface area contributed by atoms with Crippen LogP contribution in [0, 0.1) is 11.3 Å². The maximum Gasteiger partial charge on any atom is 0.255 e. The van der Waals surface area contributed by atoms with Gasteiger partial charge in [0.2, 0.25) is 10.0 Å². The molecular weight excluding hydrogens is 376 g/mol. The van der Waals surface area contributed by atoms with Crippen molar-refractivity contribution in [3.8, 4) is 6.07 Å². The molecule has 1 aromatic heterocycles. The van der Waals surface area contributed by atoms with E-state index in [9.17, 15) is 13.2 Å². The van der Waals surface area contributed by atoms with Crippen molar-refractivity contribution in [2.24, 2.45) is 0 Å². The Morgan fingerprint density at radius 3 is 2.61 bits per heavy atom. The third-order valence-electron chi connectivity index (χ3n) is 3.83. The van der Waals surface area contributed by atoms with E-state index in [-0.39, 0.29) is 17.0 Å². The summed E-state index contributed by atoms with van der Waals surface area (Å²) in [7, 11) is -3.81. The van der Waals surface area contributed by atoms with Gasteiger partial charge in [0.05, 0.1) is 28.8 Å². The molecule has 7 nitrogen and oxygen atoms in total. The van der Waals surface area contributed by atoms with Gasteiger partial charge in [0, 0.05) is 17.4 Å². The van der Waals surface area contributed by atoms with Gasteiger partial charge < -0.3 is 5.32 Å². The first-order valence-electron chi connectivity index (χ1n) is 8.29. The molecule has 0 fully saturated rings. The molecule has 3 rings (SSSR count). The van der Waals surface area contributed by atoms with Gasteiger partial charge in [-0.3, -0.25) is 9.78 Å². The van der Waals surface area contributed by atoms with Gasteiger partial charge in [-0.1, -0.05) is 18.2 Å². The number of sulfonamides is 1. The first kappa shape index (κ1) is 19.2. The molecule has 8 heteroatoms. The van der Waals surface area contributed by atoms with Crippen molar-refractivity contribution >= 4 is 21.6 Å². The number of hydrogen-bond acceptors (Lipinski definition) is 5. The molecule has 2 N–H and O–H groups in total. The summed E-state index contributed by atoms with van der Waals surface area (Å²) in [6, 6.07) is 19.4. The lowest BCUT2D eigenvalue weighted by Crippen LogP contribution is -2.24. The zero-order chi connectivity index (χ0) is 20.0. The second-order valence-electron chi connectivity index (χ2n) is 5.82. The van der Waals surface area contributed by atoms with Crippen LogP contribution in [-0.4, -0.2) is 19.3 Å². The SMILES string of the molecule is N#Cc1cccc(NC(=O)c2cccc(S(=O)(=O)NCc3ccccn3)c2)c1. The average molecular weight is 392 g/mol. The second kappa shape index (κ2) is 8.43. The Morgan fingerprint density at radius 2 is 1.86 bits per heavy atom. The number of carbonyl (C=O) groups excluding carboxylic acids is 1. The van der Waals surface area contributed by atoms with E-state index in [1.165, 1.54) is 30.3 Å². The van der Waals surface area contributed by atoms with Crippen LogP contribution in [0.5, 0.6) is 0 Å². The van der Waals surface area contributed by atoms with E-state index in [1.807, 2.05) is 6.07 Å². The highest BCUT2D eigenvalue weighted by atomic mass is 32.2. The predicted molar refractivity (Wildman–Crippen MR) is 104 cm³/mol. The first-order chi connectivity index (χ1) is 13.5. The lowest BCUT2D eigenvalue weighted by Gasteiger charge is -2.09. The zero-order valence-corrected chi connectivity index (χ0v) is 15.5. The highest BCUT2D eigenvalue weighted by Crippen LogP contribution is 2.15. The summed E-state index contributed by atoms with van der Waals surface area (Å²) in [5, 5.41) is 11.6. The summed E-state index contributed by atoms with van der Waals surface area (Å²) in [6.45, 7) is 0.0422. The molecule has 0 unspecified atom stereocenters. The fourth-order valence-electron chi connectivity index (χ4n) is 2.43. The van der Waals surface area contributed by atoms with Crippen molar-refractivity contribution in [2.75, 3.05) is 5.32 Å². The Bertz CT molecular complexity index is 1140. The number of anilines is 1. The van der Waals surface area contributed by atoms with E-state index in [1.54, 1.807) is 42.6 Å². The van der Waals surface area contributed by atoms with Crippen LogP contribution < -0.4 is 10.0 Å². The number of amides is 1. The Balaban J connectivity index is 1.75. The predicted octanol–water partition coefficient (Wildman–Crippen LogP) is 2.68. The fraction of sp³-hybridized carbons (Fsp3) is 0.0500. The van der Waals surface area contributed by atoms with E-state index in [0.29, 0.717) is 16.9 Å². The normalized spacial score (nSPS) is 10.8. The van der Waals surface area contributed by atoms with Gasteiger partial charge >= 0.3 is 0 Å². The van der Waals surface area contributed by atoms with Crippen molar-refractivity contribution in [1.82, 2.24) is 9.71 Å². The number of hydrogen-bond donors (Lipinski definition) is 2. The maximum atomic E-state index is 12.5. The van der Waals surface area contributed by atoms with Crippen molar-refractivity contribution in [3.05, 3.63) is 89.7 Å². The molecule has 0 atom stereocenters. The summed E-state index contributed by atoms with van der Waals surface area (Å²) in [4.78, 5) is 16.5. The lowest BCUT2D eigenvalue weighted by molar-refractivity contribution is 0.102. The molecule has 2 aromatic carbocycles. The van der Waals surface area contributed by atoms with E-state index >= 15 is 0 Å². The number of benzene rings is 2. The molecule has 3 aromatic rings. The summed E-state index contributed by atoms with van der Waals surface area (Å²) in [6.07, 6.45) is 1.58. The monoisotopic (exact) mass is 392 g/mol. The molecule has 1 amide bonds. The van der Waals surface area contributed by atoms with Gasteiger partial charge in [-0.25, -0.2) is 13.1 Å².